The van der Waals surface area contributed by atoms with Crippen LogP contribution in [0.3, 0.4) is 0 Å². The molecule has 0 saturated carbocycles. The summed E-state index contributed by atoms with van der Waals surface area (Å²) in [4.78, 5) is 0. The monoisotopic (exact) mass is 226 g/mol. The highest BCUT2D eigenvalue weighted by atomic mass is 16.5. The van der Waals surface area contributed by atoms with Gasteiger partial charge in [-0.05, 0) is 6.42 Å². The number of nitrogens with zero attached hydrogens (tertiary/aromatic N) is 3. The molecule has 0 aromatic carbocycles. The number of nitrogens with two attached hydrogens (primary N) is 1. The van der Waals surface area contributed by atoms with Crippen LogP contribution < -0.4 is 5.73 Å². The van der Waals surface area contributed by atoms with Gasteiger partial charge in [-0.2, -0.15) is 0 Å². The summed E-state index contributed by atoms with van der Waals surface area (Å²) in [6.45, 7) is 2.44. The lowest BCUT2D eigenvalue weighted by atomic mass is 10.1. The molecule has 1 aromatic heterocycles. The maximum Gasteiger partial charge on any atom is 0.159 e. The molecule has 0 aliphatic carbocycles. The Kier molecular flexibility index (Phi) is 3.87. The van der Waals surface area contributed by atoms with Crippen molar-refractivity contribution in [1.29, 1.82) is 0 Å². The fourth-order valence-electron chi connectivity index (χ4n) is 1.82. The molecule has 0 bridgehead atoms. The summed E-state index contributed by atoms with van der Waals surface area (Å²) in [5, 5.41) is 8.26. The largest absolute Gasteiger partial charge is 0.382 e. The number of methoxy groups -OCH3 is 1. The van der Waals surface area contributed by atoms with Crippen molar-refractivity contribution in [3.8, 4) is 0 Å². The van der Waals surface area contributed by atoms with Gasteiger partial charge in [0.2, 0.25) is 0 Å². The summed E-state index contributed by atoms with van der Waals surface area (Å²) < 4.78 is 12.4. The van der Waals surface area contributed by atoms with E-state index in [1.807, 2.05) is 0 Å². The first-order chi connectivity index (χ1) is 7.81. The standard InChI is InChI=1S/C10H18N4O2/c1-15-4-5-16-7-10-13-12-9-3-2-8(11)6-14(9)10/h8H,2-7,11H2,1H3. The molecule has 0 radical (unpaired) electrons. The zero-order chi connectivity index (χ0) is 11.4. The van der Waals surface area contributed by atoms with E-state index in [1.165, 1.54) is 0 Å². The summed E-state index contributed by atoms with van der Waals surface area (Å²) in [6.07, 6.45) is 1.90. The molecule has 2 rings (SSSR count). The van der Waals surface area contributed by atoms with Gasteiger partial charge in [0.05, 0.1) is 13.2 Å². The zero-order valence-electron chi connectivity index (χ0n) is 9.56. The van der Waals surface area contributed by atoms with E-state index in [0.29, 0.717) is 19.8 Å². The van der Waals surface area contributed by atoms with Crippen molar-refractivity contribution < 1.29 is 9.47 Å². The van der Waals surface area contributed by atoms with Gasteiger partial charge in [-0.15, -0.1) is 10.2 Å². The molecule has 0 amide bonds. The molecule has 16 heavy (non-hydrogen) atoms. The van der Waals surface area contributed by atoms with E-state index in [2.05, 4.69) is 14.8 Å². The number of rotatable bonds is 5. The van der Waals surface area contributed by atoms with Crippen LogP contribution in [-0.4, -0.2) is 41.1 Å². The quantitative estimate of drug-likeness (QED) is 0.699. The van der Waals surface area contributed by atoms with Crippen LogP contribution in [0.2, 0.25) is 0 Å². The fourth-order valence-corrected chi connectivity index (χ4v) is 1.82. The first-order valence-corrected chi connectivity index (χ1v) is 5.54. The Hall–Kier alpha value is -0.980. The van der Waals surface area contributed by atoms with Crippen LogP contribution in [0.15, 0.2) is 0 Å². The smallest absolute Gasteiger partial charge is 0.159 e. The van der Waals surface area contributed by atoms with Gasteiger partial charge in [-0.25, -0.2) is 0 Å². The molecule has 6 heteroatoms. The molecule has 2 N–H and O–H groups in total. The molecule has 1 aliphatic heterocycles. The third-order valence-electron chi connectivity index (χ3n) is 2.72. The summed E-state index contributed by atoms with van der Waals surface area (Å²) >= 11 is 0. The lowest BCUT2D eigenvalue weighted by molar-refractivity contribution is 0.0568. The minimum atomic E-state index is 0.209. The van der Waals surface area contributed by atoms with Crippen molar-refractivity contribution in [2.45, 2.75) is 32.0 Å². The Morgan fingerprint density at radius 1 is 1.44 bits per heavy atom. The molecule has 0 saturated heterocycles. The highest BCUT2D eigenvalue weighted by Crippen LogP contribution is 2.14. The molecule has 6 nitrogen and oxygen atoms in total. The van der Waals surface area contributed by atoms with Crippen LogP contribution in [0.1, 0.15) is 18.1 Å². The van der Waals surface area contributed by atoms with Crippen LogP contribution in [0.4, 0.5) is 0 Å². The number of aromatic nitrogens is 3. The van der Waals surface area contributed by atoms with Crippen molar-refractivity contribution in [1.82, 2.24) is 14.8 Å². The second kappa shape index (κ2) is 5.38. The first kappa shape index (κ1) is 11.5. The highest BCUT2D eigenvalue weighted by Gasteiger charge is 2.20. The van der Waals surface area contributed by atoms with Gasteiger partial charge in [0.15, 0.2) is 5.82 Å². The molecule has 2 heterocycles. The predicted octanol–water partition coefficient (Wildman–Crippen LogP) is -0.285. The Bertz CT molecular complexity index is 340. The van der Waals surface area contributed by atoms with Gasteiger partial charge in [0.1, 0.15) is 12.4 Å². The minimum absolute atomic E-state index is 0.209. The van der Waals surface area contributed by atoms with E-state index >= 15 is 0 Å². The molecule has 1 unspecified atom stereocenters. The second-order valence-electron chi connectivity index (χ2n) is 3.99. The van der Waals surface area contributed by atoms with E-state index in [-0.39, 0.29) is 6.04 Å². The second-order valence-corrected chi connectivity index (χ2v) is 3.99. The lowest BCUT2D eigenvalue weighted by Gasteiger charge is -2.20. The van der Waals surface area contributed by atoms with Crippen molar-refractivity contribution >= 4 is 0 Å². The normalized spacial score (nSPS) is 19.8. The highest BCUT2D eigenvalue weighted by molar-refractivity contribution is 5.00. The van der Waals surface area contributed by atoms with Gasteiger partial charge < -0.3 is 19.8 Å². The van der Waals surface area contributed by atoms with Crippen molar-refractivity contribution in [3.05, 3.63) is 11.6 Å². The van der Waals surface area contributed by atoms with E-state index in [4.69, 9.17) is 15.2 Å². The van der Waals surface area contributed by atoms with Crippen LogP contribution in [-0.2, 0) is 29.0 Å². The Morgan fingerprint density at radius 2 is 2.31 bits per heavy atom. The maximum absolute atomic E-state index is 5.92. The summed E-state index contributed by atoms with van der Waals surface area (Å²) in [5.41, 5.74) is 5.92. The van der Waals surface area contributed by atoms with Gasteiger partial charge in [0.25, 0.3) is 0 Å². The van der Waals surface area contributed by atoms with Gasteiger partial charge in [0, 0.05) is 26.1 Å². The molecular weight excluding hydrogens is 208 g/mol. The number of hydrogen-bond donors (Lipinski definition) is 1. The Balaban J connectivity index is 1.92. The van der Waals surface area contributed by atoms with Crippen molar-refractivity contribution in [2.75, 3.05) is 20.3 Å². The minimum Gasteiger partial charge on any atom is -0.382 e. The van der Waals surface area contributed by atoms with Gasteiger partial charge in [-0.1, -0.05) is 0 Å². The number of hydrogen-bond acceptors (Lipinski definition) is 5. The Labute approximate surface area is 94.7 Å². The number of ether oxygens (including phenoxy) is 2. The lowest BCUT2D eigenvalue weighted by Crippen LogP contribution is -2.32. The van der Waals surface area contributed by atoms with E-state index in [9.17, 15) is 0 Å². The zero-order valence-corrected chi connectivity index (χ0v) is 9.56. The average molecular weight is 226 g/mol. The maximum atomic E-state index is 5.92. The fraction of sp³-hybridized carbons (Fsp3) is 0.800. The molecule has 1 aromatic rings. The Morgan fingerprint density at radius 3 is 3.12 bits per heavy atom. The van der Waals surface area contributed by atoms with Crippen LogP contribution in [0.5, 0.6) is 0 Å². The molecule has 1 aliphatic rings. The number of aryl methyl sites for hydroxylation is 1. The van der Waals surface area contributed by atoms with Crippen molar-refractivity contribution in [2.24, 2.45) is 5.73 Å². The van der Waals surface area contributed by atoms with E-state index in [0.717, 1.165) is 31.0 Å². The SMILES string of the molecule is COCCOCc1nnc2n1CC(N)CC2. The summed E-state index contributed by atoms with van der Waals surface area (Å²) in [7, 11) is 1.65. The van der Waals surface area contributed by atoms with Crippen LogP contribution in [0.25, 0.3) is 0 Å². The van der Waals surface area contributed by atoms with E-state index in [1.54, 1.807) is 7.11 Å². The van der Waals surface area contributed by atoms with Crippen LogP contribution >= 0.6 is 0 Å². The van der Waals surface area contributed by atoms with Crippen LogP contribution in [0, 0.1) is 0 Å². The van der Waals surface area contributed by atoms with Gasteiger partial charge in [-0.3, -0.25) is 0 Å². The summed E-state index contributed by atoms with van der Waals surface area (Å²) in [5.74, 6) is 1.88. The van der Waals surface area contributed by atoms with Gasteiger partial charge >= 0.3 is 0 Å². The third-order valence-corrected chi connectivity index (χ3v) is 2.72. The molecule has 0 spiro atoms. The molecular formula is C10H18N4O2. The molecule has 0 fully saturated rings. The first-order valence-electron chi connectivity index (χ1n) is 5.54. The average Bonchev–Trinajstić information content (AvgIpc) is 2.67. The number of fused-ring (bicyclic) bond motifs is 1. The summed E-state index contributed by atoms with van der Waals surface area (Å²) in [6, 6.07) is 0.209. The topological polar surface area (TPSA) is 75.2 Å². The van der Waals surface area contributed by atoms with E-state index < -0.39 is 0 Å². The molecule has 90 valence electrons. The third kappa shape index (κ3) is 2.58. The predicted molar refractivity (Wildman–Crippen MR) is 57.9 cm³/mol. The van der Waals surface area contributed by atoms with Crippen molar-refractivity contribution in [3.63, 3.8) is 0 Å². The molecule has 1 atom stereocenters.